The molecule has 0 amide bonds. The third kappa shape index (κ3) is 1.73. The van der Waals surface area contributed by atoms with E-state index >= 15 is 0 Å². The lowest BCUT2D eigenvalue weighted by Crippen LogP contribution is -2.14. The van der Waals surface area contributed by atoms with Crippen molar-refractivity contribution in [2.75, 3.05) is 20.1 Å². The van der Waals surface area contributed by atoms with Crippen LogP contribution in [0, 0.1) is 0 Å². The van der Waals surface area contributed by atoms with Gasteiger partial charge in [-0.1, -0.05) is 6.07 Å². The SMILES string of the molecule is CN1CCC(c2nc(Br)c3cccc(O)n23)C1. The maximum atomic E-state index is 9.98. The minimum atomic E-state index is 0.255. The Morgan fingerprint density at radius 3 is 3.00 bits per heavy atom. The van der Waals surface area contributed by atoms with Crippen molar-refractivity contribution in [2.24, 2.45) is 0 Å². The first kappa shape index (κ1) is 11.0. The molecule has 1 unspecified atom stereocenters. The minimum Gasteiger partial charge on any atom is -0.494 e. The number of fused-ring (bicyclic) bond motifs is 1. The van der Waals surface area contributed by atoms with Gasteiger partial charge in [-0.25, -0.2) is 4.98 Å². The first-order chi connectivity index (χ1) is 8.16. The maximum absolute atomic E-state index is 9.98. The first-order valence-corrected chi connectivity index (χ1v) is 6.50. The van der Waals surface area contributed by atoms with E-state index in [0.717, 1.165) is 35.5 Å². The lowest BCUT2D eigenvalue weighted by Gasteiger charge is -2.10. The largest absolute Gasteiger partial charge is 0.494 e. The van der Waals surface area contributed by atoms with Crippen LogP contribution in [0.5, 0.6) is 5.88 Å². The van der Waals surface area contributed by atoms with Crippen LogP contribution < -0.4 is 0 Å². The Bertz CT molecular complexity index is 566. The average Bonchev–Trinajstić information content (AvgIpc) is 2.85. The fraction of sp³-hybridized carbons (Fsp3) is 0.417. The molecule has 1 N–H and O–H groups in total. The number of aromatic hydroxyl groups is 1. The Morgan fingerprint density at radius 1 is 1.47 bits per heavy atom. The lowest BCUT2D eigenvalue weighted by molar-refractivity contribution is 0.406. The molecule has 1 aliphatic rings. The molecule has 5 heteroatoms. The van der Waals surface area contributed by atoms with E-state index < -0.39 is 0 Å². The molecular weight excluding hydrogens is 282 g/mol. The Labute approximate surface area is 108 Å². The summed E-state index contributed by atoms with van der Waals surface area (Å²) in [6, 6.07) is 5.49. The Kier molecular flexibility index (Phi) is 2.60. The van der Waals surface area contributed by atoms with Crippen molar-refractivity contribution in [1.82, 2.24) is 14.3 Å². The summed E-state index contributed by atoms with van der Waals surface area (Å²) >= 11 is 3.46. The topological polar surface area (TPSA) is 40.8 Å². The van der Waals surface area contributed by atoms with Gasteiger partial charge < -0.3 is 10.0 Å². The highest BCUT2D eigenvalue weighted by molar-refractivity contribution is 9.10. The summed E-state index contributed by atoms with van der Waals surface area (Å²) in [6.07, 6.45) is 1.09. The van der Waals surface area contributed by atoms with Gasteiger partial charge in [-0.15, -0.1) is 0 Å². The Morgan fingerprint density at radius 2 is 2.29 bits per heavy atom. The minimum absolute atomic E-state index is 0.255. The highest BCUT2D eigenvalue weighted by atomic mass is 79.9. The molecule has 0 spiro atoms. The summed E-state index contributed by atoms with van der Waals surface area (Å²) in [5.41, 5.74) is 0.926. The number of imidazole rings is 1. The highest BCUT2D eigenvalue weighted by Crippen LogP contribution is 2.31. The van der Waals surface area contributed by atoms with E-state index in [2.05, 4.69) is 32.9 Å². The van der Waals surface area contributed by atoms with Gasteiger partial charge in [-0.2, -0.15) is 0 Å². The quantitative estimate of drug-likeness (QED) is 0.877. The number of aromatic nitrogens is 2. The van der Waals surface area contributed by atoms with Crippen molar-refractivity contribution >= 4 is 21.4 Å². The standard InChI is InChI=1S/C12H14BrN3O/c1-15-6-5-8(7-15)12-14-11(13)9-3-2-4-10(17)16(9)12/h2-4,8,17H,5-7H2,1H3. The number of likely N-dealkylation sites (N-methyl/N-ethyl adjacent to an activating group) is 1. The summed E-state index contributed by atoms with van der Waals surface area (Å²) in [6.45, 7) is 2.09. The van der Waals surface area contributed by atoms with Gasteiger partial charge in [-0.3, -0.25) is 4.40 Å². The molecule has 3 rings (SSSR count). The van der Waals surface area contributed by atoms with Crippen LogP contribution in [-0.2, 0) is 0 Å². The molecular formula is C12H14BrN3O. The number of hydrogen-bond acceptors (Lipinski definition) is 3. The monoisotopic (exact) mass is 295 g/mol. The maximum Gasteiger partial charge on any atom is 0.197 e. The molecule has 1 atom stereocenters. The number of nitrogens with zero attached hydrogens (tertiary/aromatic N) is 3. The van der Waals surface area contributed by atoms with Crippen LogP contribution in [0.15, 0.2) is 22.8 Å². The van der Waals surface area contributed by atoms with Gasteiger partial charge >= 0.3 is 0 Å². The number of rotatable bonds is 1. The van der Waals surface area contributed by atoms with Crippen LogP contribution in [0.2, 0.25) is 0 Å². The number of halogens is 1. The van der Waals surface area contributed by atoms with Crippen molar-refractivity contribution in [1.29, 1.82) is 0 Å². The van der Waals surface area contributed by atoms with E-state index in [0.29, 0.717) is 5.92 Å². The Balaban J connectivity index is 2.16. The van der Waals surface area contributed by atoms with Gasteiger partial charge in [0, 0.05) is 12.5 Å². The molecule has 4 nitrogen and oxygen atoms in total. The summed E-state index contributed by atoms with van der Waals surface area (Å²) in [5, 5.41) is 9.98. The molecule has 0 aromatic carbocycles. The number of likely N-dealkylation sites (tertiary alicyclic amines) is 1. The zero-order valence-electron chi connectivity index (χ0n) is 9.60. The van der Waals surface area contributed by atoms with Crippen LogP contribution in [0.1, 0.15) is 18.2 Å². The van der Waals surface area contributed by atoms with Gasteiger partial charge in [0.15, 0.2) is 5.88 Å². The van der Waals surface area contributed by atoms with Crippen molar-refractivity contribution in [3.05, 3.63) is 28.6 Å². The molecule has 0 bridgehead atoms. The van der Waals surface area contributed by atoms with Crippen molar-refractivity contribution in [3.63, 3.8) is 0 Å². The van der Waals surface area contributed by atoms with Crippen molar-refractivity contribution in [3.8, 4) is 5.88 Å². The normalized spacial score (nSPS) is 21.4. The fourth-order valence-electron chi connectivity index (χ4n) is 2.53. The lowest BCUT2D eigenvalue weighted by atomic mass is 10.1. The van der Waals surface area contributed by atoms with Crippen LogP contribution in [0.4, 0.5) is 0 Å². The average molecular weight is 296 g/mol. The van der Waals surface area contributed by atoms with Gasteiger partial charge in [-0.05, 0) is 48.1 Å². The highest BCUT2D eigenvalue weighted by Gasteiger charge is 2.26. The molecule has 1 saturated heterocycles. The number of pyridine rings is 1. The molecule has 2 aromatic rings. The second kappa shape index (κ2) is 3.99. The van der Waals surface area contributed by atoms with Crippen molar-refractivity contribution < 1.29 is 5.11 Å². The van der Waals surface area contributed by atoms with E-state index in [1.54, 1.807) is 6.07 Å². The second-order valence-corrected chi connectivity index (χ2v) is 5.36. The van der Waals surface area contributed by atoms with Crippen LogP contribution in [-0.4, -0.2) is 39.5 Å². The summed E-state index contributed by atoms with van der Waals surface area (Å²) in [4.78, 5) is 6.85. The van der Waals surface area contributed by atoms with Gasteiger partial charge in [0.25, 0.3) is 0 Å². The summed E-state index contributed by atoms with van der Waals surface area (Å²) in [5.74, 6) is 1.60. The fourth-order valence-corrected chi connectivity index (χ4v) is 3.02. The van der Waals surface area contributed by atoms with E-state index in [1.165, 1.54) is 0 Å². The first-order valence-electron chi connectivity index (χ1n) is 5.71. The predicted molar refractivity (Wildman–Crippen MR) is 69.4 cm³/mol. The summed E-state index contributed by atoms with van der Waals surface area (Å²) < 4.78 is 2.64. The Hall–Kier alpha value is -1.07. The van der Waals surface area contributed by atoms with Crippen LogP contribution in [0.25, 0.3) is 5.52 Å². The number of hydrogen-bond donors (Lipinski definition) is 1. The molecule has 0 aliphatic carbocycles. The van der Waals surface area contributed by atoms with Crippen molar-refractivity contribution in [2.45, 2.75) is 12.3 Å². The van der Waals surface area contributed by atoms with E-state index in [4.69, 9.17) is 0 Å². The molecule has 1 aliphatic heterocycles. The molecule has 0 saturated carbocycles. The van der Waals surface area contributed by atoms with Gasteiger partial charge in [0.05, 0.1) is 5.52 Å². The van der Waals surface area contributed by atoms with Gasteiger partial charge in [0.2, 0.25) is 0 Å². The van der Waals surface area contributed by atoms with Gasteiger partial charge in [0.1, 0.15) is 10.4 Å². The van der Waals surface area contributed by atoms with E-state index in [9.17, 15) is 5.11 Å². The smallest absolute Gasteiger partial charge is 0.197 e. The van der Waals surface area contributed by atoms with Crippen LogP contribution >= 0.6 is 15.9 Å². The molecule has 1 fully saturated rings. The third-order valence-electron chi connectivity index (χ3n) is 3.38. The second-order valence-electron chi connectivity index (χ2n) is 4.61. The summed E-state index contributed by atoms with van der Waals surface area (Å²) in [7, 11) is 2.12. The molecule has 0 radical (unpaired) electrons. The zero-order chi connectivity index (χ0) is 12.0. The van der Waals surface area contributed by atoms with E-state index in [-0.39, 0.29) is 5.88 Å². The zero-order valence-corrected chi connectivity index (χ0v) is 11.2. The van der Waals surface area contributed by atoms with Crippen LogP contribution in [0.3, 0.4) is 0 Å². The third-order valence-corrected chi connectivity index (χ3v) is 3.96. The molecule has 2 aromatic heterocycles. The molecule has 3 heterocycles. The molecule has 90 valence electrons. The predicted octanol–water partition coefficient (Wildman–Crippen LogP) is 2.22. The molecule has 17 heavy (non-hydrogen) atoms. The van der Waals surface area contributed by atoms with E-state index in [1.807, 2.05) is 16.5 Å².